The van der Waals surface area contributed by atoms with Gasteiger partial charge in [-0.1, -0.05) is 68.3 Å². The summed E-state index contributed by atoms with van der Waals surface area (Å²) in [6, 6.07) is 20.1. The second kappa shape index (κ2) is 10.5. The summed E-state index contributed by atoms with van der Waals surface area (Å²) in [6.45, 7) is 3.46. The molecule has 4 aromatic rings. The van der Waals surface area contributed by atoms with Gasteiger partial charge in [0.25, 0.3) is 5.91 Å². The van der Waals surface area contributed by atoms with Gasteiger partial charge in [0.15, 0.2) is 0 Å². The van der Waals surface area contributed by atoms with Crippen LogP contribution >= 0.6 is 11.3 Å². The van der Waals surface area contributed by atoms with Gasteiger partial charge in [-0.3, -0.25) is 4.79 Å². The first-order valence-corrected chi connectivity index (χ1v) is 14.7. The molecule has 1 aliphatic heterocycles. The zero-order valence-corrected chi connectivity index (χ0v) is 23.3. The maximum absolute atomic E-state index is 13.9. The predicted molar refractivity (Wildman–Crippen MR) is 158 cm³/mol. The molecule has 3 heterocycles. The summed E-state index contributed by atoms with van der Waals surface area (Å²) >= 11 is 1.35. The lowest BCUT2D eigenvalue weighted by molar-refractivity contribution is 0.0699. The smallest absolute Gasteiger partial charge is 0.346 e. The highest BCUT2D eigenvalue weighted by Gasteiger charge is 2.33. The molecule has 0 unspecified atom stereocenters. The Morgan fingerprint density at radius 1 is 0.974 bits per heavy atom. The summed E-state index contributed by atoms with van der Waals surface area (Å²) < 4.78 is 2.02. The Kier molecular flexibility index (Phi) is 6.90. The van der Waals surface area contributed by atoms with E-state index in [1.807, 2.05) is 77.3 Å². The van der Waals surface area contributed by atoms with Crippen molar-refractivity contribution in [1.82, 2.24) is 9.47 Å². The zero-order valence-electron chi connectivity index (χ0n) is 22.5. The molecule has 2 aromatic heterocycles. The van der Waals surface area contributed by atoms with Crippen LogP contribution in [0.1, 0.15) is 64.6 Å². The number of para-hydroxylation sites is 1. The Morgan fingerprint density at radius 3 is 2.44 bits per heavy atom. The van der Waals surface area contributed by atoms with Crippen LogP contribution in [0.2, 0.25) is 0 Å². The van der Waals surface area contributed by atoms with Crippen molar-refractivity contribution in [2.24, 2.45) is 18.9 Å². The van der Waals surface area contributed by atoms with Gasteiger partial charge in [0.1, 0.15) is 4.88 Å². The fraction of sp³-hybridized carbons (Fsp3) is 0.333. The van der Waals surface area contributed by atoms with Gasteiger partial charge >= 0.3 is 5.97 Å². The van der Waals surface area contributed by atoms with Gasteiger partial charge in [-0.25, -0.2) is 4.79 Å². The molecule has 0 atom stereocenters. The number of amides is 1. The maximum atomic E-state index is 13.9. The molecule has 0 spiro atoms. The van der Waals surface area contributed by atoms with E-state index in [2.05, 4.69) is 13.0 Å². The van der Waals surface area contributed by atoms with Gasteiger partial charge in [-0.2, -0.15) is 0 Å². The van der Waals surface area contributed by atoms with E-state index < -0.39 is 5.97 Å². The van der Waals surface area contributed by atoms with E-state index >= 15 is 0 Å². The molecule has 0 radical (unpaired) electrons. The van der Waals surface area contributed by atoms with Crippen molar-refractivity contribution < 1.29 is 14.7 Å². The minimum absolute atomic E-state index is 0.0567. The van der Waals surface area contributed by atoms with Gasteiger partial charge < -0.3 is 14.6 Å². The van der Waals surface area contributed by atoms with E-state index in [9.17, 15) is 14.7 Å². The fourth-order valence-corrected chi connectivity index (χ4v) is 7.48. The number of aromatic nitrogens is 1. The SMILES string of the molecule is CC1CCC(C2=C(c3cc(-c4ccccc4)sc3C(=O)O)CCN(C(=O)c3cn(C)c4ccccc34)C2)CC1. The molecule has 1 N–H and O–H groups in total. The predicted octanol–water partition coefficient (Wildman–Crippen LogP) is 7.73. The third-order valence-corrected chi connectivity index (χ3v) is 9.79. The van der Waals surface area contributed by atoms with E-state index in [-0.39, 0.29) is 5.91 Å². The molecule has 6 rings (SSSR count). The fourth-order valence-electron chi connectivity index (χ4n) is 6.45. The summed E-state index contributed by atoms with van der Waals surface area (Å²) in [5.74, 6) is 0.264. The van der Waals surface area contributed by atoms with E-state index in [0.717, 1.165) is 50.9 Å². The molecule has 0 bridgehead atoms. The number of thiophene rings is 1. The van der Waals surface area contributed by atoms with Gasteiger partial charge in [-0.15, -0.1) is 11.3 Å². The van der Waals surface area contributed by atoms with Crippen LogP contribution in [0.25, 0.3) is 26.9 Å². The van der Waals surface area contributed by atoms with Crippen molar-refractivity contribution in [3.05, 3.63) is 88.4 Å². The molecule has 1 saturated carbocycles. The molecule has 200 valence electrons. The molecule has 1 aliphatic carbocycles. The Labute approximate surface area is 233 Å². The number of aryl methyl sites for hydroxylation is 1. The summed E-state index contributed by atoms with van der Waals surface area (Å²) in [6.07, 6.45) is 7.14. The Bertz CT molecular complexity index is 1570. The van der Waals surface area contributed by atoms with Crippen molar-refractivity contribution in [1.29, 1.82) is 0 Å². The molecular formula is C33H34N2O3S. The number of hydrogen-bond acceptors (Lipinski definition) is 3. The number of fused-ring (bicyclic) bond motifs is 1. The van der Waals surface area contributed by atoms with Crippen molar-refractivity contribution >= 4 is 39.7 Å². The standard InChI is InChI=1S/C33H34N2O3S/c1-21-12-14-22(15-13-21)27-20-35(32(36)28-19-34(2)29-11-7-6-10-25(28)29)17-16-24(27)26-18-30(39-31(26)33(37)38)23-8-4-3-5-9-23/h3-11,18-19,21-22H,12-17,20H2,1-2H3,(H,37,38). The molecule has 1 amide bonds. The lowest BCUT2D eigenvalue weighted by atomic mass is 9.75. The number of carboxylic acid groups (broad SMARTS) is 1. The molecule has 6 heteroatoms. The summed E-state index contributed by atoms with van der Waals surface area (Å²) in [7, 11) is 1.98. The lowest BCUT2D eigenvalue weighted by Crippen LogP contribution is -2.39. The normalized spacial score (nSPS) is 20.0. The molecule has 2 aliphatic rings. The Hall–Kier alpha value is -3.64. The van der Waals surface area contributed by atoms with Crippen LogP contribution in [0.15, 0.2) is 72.4 Å². The first-order chi connectivity index (χ1) is 18.9. The topological polar surface area (TPSA) is 62.5 Å². The van der Waals surface area contributed by atoms with Crippen molar-refractivity contribution in [3.63, 3.8) is 0 Å². The number of rotatable bonds is 5. The minimum atomic E-state index is -0.879. The molecule has 0 saturated heterocycles. The van der Waals surface area contributed by atoms with Crippen LogP contribution in [0.3, 0.4) is 0 Å². The Balaban J connectivity index is 1.41. The van der Waals surface area contributed by atoms with E-state index in [4.69, 9.17) is 0 Å². The highest BCUT2D eigenvalue weighted by atomic mass is 32.1. The van der Waals surface area contributed by atoms with Crippen molar-refractivity contribution in [2.45, 2.75) is 39.0 Å². The van der Waals surface area contributed by atoms with E-state index in [1.54, 1.807) is 0 Å². The van der Waals surface area contributed by atoms with Gasteiger partial charge in [0.05, 0.1) is 5.56 Å². The molecule has 1 fully saturated rings. The van der Waals surface area contributed by atoms with E-state index in [0.29, 0.717) is 36.2 Å². The van der Waals surface area contributed by atoms with Crippen LogP contribution in [0.5, 0.6) is 0 Å². The summed E-state index contributed by atoms with van der Waals surface area (Å²) in [5, 5.41) is 11.2. The largest absolute Gasteiger partial charge is 0.477 e. The highest BCUT2D eigenvalue weighted by molar-refractivity contribution is 7.17. The lowest BCUT2D eigenvalue weighted by Gasteiger charge is -2.37. The number of hydrogen-bond donors (Lipinski definition) is 1. The van der Waals surface area contributed by atoms with Gasteiger partial charge in [-0.05, 0) is 59.9 Å². The minimum Gasteiger partial charge on any atom is -0.477 e. The molecule has 5 nitrogen and oxygen atoms in total. The van der Waals surface area contributed by atoms with Crippen LogP contribution < -0.4 is 0 Å². The van der Waals surface area contributed by atoms with Gasteiger partial charge in [0.2, 0.25) is 0 Å². The monoisotopic (exact) mass is 538 g/mol. The number of carboxylic acids is 1. The number of aromatic carboxylic acids is 1. The maximum Gasteiger partial charge on any atom is 0.346 e. The highest BCUT2D eigenvalue weighted by Crippen LogP contribution is 2.44. The number of carbonyl (C=O) groups is 2. The molecular weight excluding hydrogens is 504 g/mol. The Morgan fingerprint density at radius 2 is 1.69 bits per heavy atom. The number of nitrogens with zero attached hydrogens (tertiary/aromatic N) is 2. The molecule has 39 heavy (non-hydrogen) atoms. The first kappa shape index (κ1) is 25.6. The second-order valence-corrected chi connectivity index (χ2v) is 12.2. The number of benzene rings is 2. The van der Waals surface area contributed by atoms with Crippen LogP contribution in [0.4, 0.5) is 0 Å². The first-order valence-electron chi connectivity index (χ1n) is 13.9. The van der Waals surface area contributed by atoms with Crippen molar-refractivity contribution in [3.8, 4) is 10.4 Å². The van der Waals surface area contributed by atoms with Crippen LogP contribution in [0, 0.1) is 11.8 Å². The zero-order chi connectivity index (χ0) is 27.1. The average Bonchev–Trinajstić information content (AvgIpc) is 3.56. The van der Waals surface area contributed by atoms with Gasteiger partial charge in [0, 0.05) is 47.7 Å². The third kappa shape index (κ3) is 4.82. The van der Waals surface area contributed by atoms with E-state index in [1.165, 1.54) is 29.8 Å². The van der Waals surface area contributed by atoms with Crippen LogP contribution in [-0.2, 0) is 7.05 Å². The van der Waals surface area contributed by atoms with Crippen LogP contribution in [-0.4, -0.2) is 39.5 Å². The average molecular weight is 539 g/mol. The third-order valence-electron chi connectivity index (χ3n) is 8.61. The number of carbonyl (C=O) groups excluding carboxylic acids is 1. The van der Waals surface area contributed by atoms with Crippen molar-refractivity contribution in [2.75, 3.05) is 13.1 Å². The summed E-state index contributed by atoms with van der Waals surface area (Å²) in [5.41, 5.74) is 6.08. The second-order valence-electron chi connectivity index (χ2n) is 11.1. The molecule has 2 aromatic carbocycles. The summed E-state index contributed by atoms with van der Waals surface area (Å²) in [4.78, 5) is 29.7. The quantitative estimate of drug-likeness (QED) is 0.283.